The Morgan fingerprint density at radius 2 is 2.05 bits per heavy atom. The highest BCUT2D eigenvalue weighted by atomic mass is 35.5. The van der Waals surface area contributed by atoms with Crippen LogP contribution in [0.2, 0.25) is 5.02 Å². The molecule has 0 saturated carbocycles. The van der Waals surface area contributed by atoms with Gasteiger partial charge in [-0.05, 0) is 43.4 Å². The second-order valence-corrected chi connectivity index (χ2v) is 6.45. The van der Waals surface area contributed by atoms with Gasteiger partial charge in [0.25, 0.3) is 0 Å². The van der Waals surface area contributed by atoms with Crippen molar-refractivity contribution < 1.29 is 14.6 Å². The van der Waals surface area contributed by atoms with Gasteiger partial charge >= 0.3 is 5.97 Å². The zero-order valence-corrected chi connectivity index (χ0v) is 12.6. The molecular formula is C16H20ClNO3. The van der Waals surface area contributed by atoms with Crippen LogP contribution in [0.5, 0.6) is 5.75 Å². The van der Waals surface area contributed by atoms with Crippen LogP contribution in [0, 0.1) is 0 Å². The van der Waals surface area contributed by atoms with Crippen molar-refractivity contribution in [1.29, 1.82) is 0 Å². The Kier molecular flexibility index (Phi) is 4.36. The van der Waals surface area contributed by atoms with E-state index in [1.165, 1.54) is 19.3 Å². The van der Waals surface area contributed by atoms with Crippen LogP contribution in [0.15, 0.2) is 18.2 Å². The molecule has 2 fully saturated rings. The molecule has 2 aliphatic heterocycles. The van der Waals surface area contributed by atoms with Crippen LogP contribution < -0.4 is 10.1 Å². The third-order valence-corrected chi connectivity index (χ3v) is 4.61. The lowest BCUT2D eigenvalue weighted by Crippen LogP contribution is -2.51. The molecule has 2 heterocycles. The minimum absolute atomic E-state index is 0.0164. The van der Waals surface area contributed by atoms with Crippen LogP contribution in [-0.4, -0.2) is 29.3 Å². The molecule has 2 unspecified atom stereocenters. The average Bonchev–Trinajstić information content (AvgIpc) is 2.41. The topological polar surface area (TPSA) is 58.6 Å². The van der Waals surface area contributed by atoms with E-state index in [0.717, 1.165) is 12.8 Å². The number of carboxylic acids is 1. The second-order valence-electron chi connectivity index (χ2n) is 6.04. The van der Waals surface area contributed by atoms with Gasteiger partial charge in [-0.25, -0.2) is 0 Å². The monoisotopic (exact) mass is 309 g/mol. The summed E-state index contributed by atoms with van der Waals surface area (Å²) in [4.78, 5) is 10.7. The first-order valence-electron chi connectivity index (χ1n) is 7.53. The van der Waals surface area contributed by atoms with Gasteiger partial charge in [-0.15, -0.1) is 0 Å². The summed E-state index contributed by atoms with van der Waals surface area (Å²) in [5.74, 6) is -0.193. The fourth-order valence-corrected chi connectivity index (χ4v) is 3.66. The van der Waals surface area contributed by atoms with E-state index in [4.69, 9.17) is 21.4 Å². The largest absolute Gasteiger partial charge is 0.489 e. The van der Waals surface area contributed by atoms with E-state index < -0.39 is 5.97 Å². The number of ether oxygens (including phenoxy) is 1. The number of halogens is 1. The van der Waals surface area contributed by atoms with Crippen LogP contribution in [-0.2, 0) is 11.2 Å². The lowest BCUT2D eigenvalue weighted by Gasteiger charge is -2.40. The van der Waals surface area contributed by atoms with Crippen molar-refractivity contribution in [3.8, 4) is 5.75 Å². The summed E-state index contributed by atoms with van der Waals surface area (Å²) in [6.45, 7) is 0. The molecule has 2 saturated heterocycles. The highest BCUT2D eigenvalue weighted by Gasteiger charge is 2.32. The summed E-state index contributed by atoms with van der Waals surface area (Å²) in [5.41, 5.74) is 0.696. The fourth-order valence-electron chi connectivity index (χ4n) is 3.41. The van der Waals surface area contributed by atoms with Crippen molar-refractivity contribution in [2.75, 3.05) is 0 Å². The quantitative estimate of drug-likeness (QED) is 0.897. The van der Waals surface area contributed by atoms with E-state index in [1.807, 2.05) is 0 Å². The number of hydrogen-bond acceptors (Lipinski definition) is 3. The van der Waals surface area contributed by atoms with Gasteiger partial charge in [0.1, 0.15) is 11.9 Å². The van der Waals surface area contributed by atoms with Gasteiger partial charge in [0.15, 0.2) is 0 Å². The smallest absolute Gasteiger partial charge is 0.307 e. The minimum atomic E-state index is -0.856. The van der Waals surface area contributed by atoms with E-state index in [-0.39, 0.29) is 12.5 Å². The first-order chi connectivity index (χ1) is 10.1. The zero-order chi connectivity index (χ0) is 14.8. The molecule has 0 aliphatic carbocycles. The number of nitrogens with one attached hydrogen (secondary N) is 1. The van der Waals surface area contributed by atoms with Crippen molar-refractivity contribution in [1.82, 2.24) is 5.32 Å². The summed E-state index contributed by atoms with van der Waals surface area (Å²) < 4.78 is 6.06. The van der Waals surface area contributed by atoms with Gasteiger partial charge in [-0.1, -0.05) is 24.1 Å². The SMILES string of the molecule is O=C(O)Cc1ccc(OC2CC3CCCC(C2)N3)c(Cl)c1. The van der Waals surface area contributed by atoms with Crippen molar-refractivity contribution in [3.63, 3.8) is 0 Å². The maximum absolute atomic E-state index is 10.7. The van der Waals surface area contributed by atoms with Crippen molar-refractivity contribution in [2.24, 2.45) is 0 Å². The Hall–Kier alpha value is -1.26. The van der Waals surface area contributed by atoms with Gasteiger partial charge < -0.3 is 15.2 Å². The Morgan fingerprint density at radius 1 is 1.33 bits per heavy atom. The standard InChI is InChI=1S/C16H20ClNO3/c17-14-6-10(7-16(19)20)4-5-15(14)21-13-8-11-2-1-3-12(9-13)18-11/h4-6,11-13,18H,1-3,7-9H2,(H,19,20). The first kappa shape index (κ1) is 14.7. The maximum atomic E-state index is 10.7. The number of piperidine rings is 2. The molecule has 2 atom stereocenters. The molecule has 5 heteroatoms. The number of hydrogen-bond donors (Lipinski definition) is 2. The lowest BCUT2D eigenvalue weighted by atomic mass is 9.85. The third kappa shape index (κ3) is 3.69. The molecule has 1 aromatic carbocycles. The molecular weight excluding hydrogens is 290 g/mol. The third-order valence-electron chi connectivity index (χ3n) is 4.32. The molecule has 0 aromatic heterocycles. The molecule has 21 heavy (non-hydrogen) atoms. The summed E-state index contributed by atoms with van der Waals surface area (Å²) >= 11 is 6.22. The van der Waals surface area contributed by atoms with Crippen molar-refractivity contribution in [3.05, 3.63) is 28.8 Å². The van der Waals surface area contributed by atoms with Gasteiger partial charge in [0, 0.05) is 12.1 Å². The molecule has 2 N–H and O–H groups in total. The number of rotatable bonds is 4. The molecule has 0 amide bonds. The summed E-state index contributed by atoms with van der Waals surface area (Å²) in [6.07, 6.45) is 5.97. The molecule has 0 radical (unpaired) electrons. The van der Waals surface area contributed by atoms with Gasteiger partial charge in [-0.2, -0.15) is 0 Å². The number of carbonyl (C=O) groups is 1. The molecule has 2 aliphatic rings. The highest BCUT2D eigenvalue weighted by Crippen LogP contribution is 2.32. The average molecular weight is 310 g/mol. The van der Waals surface area contributed by atoms with Crippen molar-refractivity contribution >= 4 is 17.6 Å². The predicted molar refractivity (Wildman–Crippen MR) is 81.0 cm³/mol. The van der Waals surface area contributed by atoms with Crippen LogP contribution >= 0.6 is 11.6 Å². The molecule has 1 aromatic rings. The number of fused-ring (bicyclic) bond motifs is 2. The number of aliphatic carboxylic acids is 1. The number of benzene rings is 1. The molecule has 4 nitrogen and oxygen atoms in total. The highest BCUT2D eigenvalue weighted by molar-refractivity contribution is 6.32. The van der Waals surface area contributed by atoms with E-state index >= 15 is 0 Å². The first-order valence-corrected chi connectivity index (χ1v) is 7.91. The lowest BCUT2D eigenvalue weighted by molar-refractivity contribution is -0.136. The van der Waals surface area contributed by atoms with Crippen LogP contribution in [0.3, 0.4) is 0 Å². The normalized spacial score (nSPS) is 28.1. The van der Waals surface area contributed by atoms with Crippen LogP contribution in [0.25, 0.3) is 0 Å². The predicted octanol–water partition coefficient (Wildman–Crippen LogP) is 3.02. The van der Waals surface area contributed by atoms with Gasteiger partial charge in [0.2, 0.25) is 0 Å². The molecule has 0 spiro atoms. The van der Waals surface area contributed by atoms with E-state index in [1.54, 1.807) is 18.2 Å². The summed E-state index contributed by atoms with van der Waals surface area (Å²) in [6, 6.07) is 6.38. The van der Waals surface area contributed by atoms with E-state index in [0.29, 0.717) is 28.4 Å². The Bertz CT molecular complexity index is 522. The number of carboxylic acid groups (broad SMARTS) is 1. The summed E-state index contributed by atoms with van der Waals surface area (Å²) in [5, 5.41) is 12.9. The summed E-state index contributed by atoms with van der Waals surface area (Å²) in [7, 11) is 0. The second kappa shape index (κ2) is 6.24. The Morgan fingerprint density at radius 3 is 2.67 bits per heavy atom. The van der Waals surface area contributed by atoms with Crippen molar-refractivity contribution in [2.45, 2.75) is 56.7 Å². The minimum Gasteiger partial charge on any atom is -0.489 e. The van der Waals surface area contributed by atoms with Gasteiger partial charge in [-0.3, -0.25) is 4.79 Å². The maximum Gasteiger partial charge on any atom is 0.307 e. The molecule has 3 rings (SSSR count). The van der Waals surface area contributed by atoms with Crippen LogP contribution in [0.1, 0.15) is 37.7 Å². The molecule has 2 bridgehead atoms. The van der Waals surface area contributed by atoms with Crippen LogP contribution in [0.4, 0.5) is 0 Å². The Balaban J connectivity index is 1.66. The molecule has 114 valence electrons. The zero-order valence-electron chi connectivity index (χ0n) is 11.8. The fraction of sp³-hybridized carbons (Fsp3) is 0.562. The Labute approximate surface area is 129 Å². The van der Waals surface area contributed by atoms with E-state index in [9.17, 15) is 4.79 Å². The van der Waals surface area contributed by atoms with Gasteiger partial charge in [0.05, 0.1) is 11.4 Å². The van der Waals surface area contributed by atoms with E-state index in [2.05, 4.69) is 5.32 Å².